The molecule has 0 bridgehead atoms. The third-order valence-electron chi connectivity index (χ3n) is 3.92. The van der Waals surface area contributed by atoms with E-state index >= 15 is 0 Å². The van der Waals surface area contributed by atoms with Crippen molar-refractivity contribution in [2.75, 3.05) is 11.9 Å². The van der Waals surface area contributed by atoms with Crippen molar-refractivity contribution >= 4 is 11.6 Å². The molecule has 3 heteroatoms. The van der Waals surface area contributed by atoms with Crippen LogP contribution in [0.25, 0.3) is 0 Å². The summed E-state index contributed by atoms with van der Waals surface area (Å²) in [5.41, 5.74) is 4.54. The highest BCUT2D eigenvalue weighted by molar-refractivity contribution is 5.90. The predicted octanol–water partition coefficient (Wildman–Crippen LogP) is 4.88. The Hall–Kier alpha value is -2.13. The standard InChI is InChI=1S/C21H27NO2/c1-3-24-16-19-8-6-9-20(15-19)22-21(23)10-5-4-7-18-13-11-17(2)12-14-18/h6,8-9,11-15H,3-5,7,10,16H2,1-2H3,(H,22,23). The zero-order chi connectivity index (χ0) is 17.2. The molecule has 1 amide bonds. The molecular formula is C21H27NO2. The molecule has 0 fully saturated rings. The van der Waals surface area contributed by atoms with Crippen LogP contribution in [0.1, 0.15) is 42.9 Å². The lowest BCUT2D eigenvalue weighted by Crippen LogP contribution is -2.11. The summed E-state index contributed by atoms with van der Waals surface area (Å²) >= 11 is 0. The molecule has 2 aromatic carbocycles. The summed E-state index contributed by atoms with van der Waals surface area (Å²) in [6, 6.07) is 16.4. The molecule has 2 rings (SSSR count). The van der Waals surface area contributed by atoms with Crippen LogP contribution in [-0.2, 0) is 22.6 Å². The van der Waals surface area contributed by atoms with Crippen LogP contribution in [0.3, 0.4) is 0 Å². The minimum Gasteiger partial charge on any atom is -0.377 e. The number of benzene rings is 2. The molecule has 0 aliphatic heterocycles. The minimum absolute atomic E-state index is 0.0764. The van der Waals surface area contributed by atoms with Crippen LogP contribution in [0.2, 0.25) is 0 Å². The summed E-state index contributed by atoms with van der Waals surface area (Å²) in [5.74, 6) is 0.0764. The molecule has 0 heterocycles. The highest BCUT2D eigenvalue weighted by Gasteiger charge is 2.03. The van der Waals surface area contributed by atoms with Crippen LogP contribution in [0.15, 0.2) is 48.5 Å². The monoisotopic (exact) mass is 325 g/mol. The third kappa shape index (κ3) is 6.55. The van der Waals surface area contributed by atoms with Gasteiger partial charge in [0.15, 0.2) is 0 Å². The summed E-state index contributed by atoms with van der Waals surface area (Å²) in [4.78, 5) is 12.1. The van der Waals surface area contributed by atoms with Crippen molar-refractivity contribution in [3.63, 3.8) is 0 Å². The summed E-state index contributed by atoms with van der Waals surface area (Å²) in [7, 11) is 0. The van der Waals surface area contributed by atoms with Gasteiger partial charge in [-0.2, -0.15) is 0 Å². The molecule has 0 atom stereocenters. The Bertz CT molecular complexity index is 635. The van der Waals surface area contributed by atoms with Crippen molar-refractivity contribution in [2.24, 2.45) is 0 Å². The molecule has 0 unspecified atom stereocenters. The first-order valence-corrected chi connectivity index (χ1v) is 8.69. The second-order valence-electron chi connectivity index (χ2n) is 6.08. The molecule has 0 spiro atoms. The molecule has 3 nitrogen and oxygen atoms in total. The van der Waals surface area contributed by atoms with Crippen LogP contribution in [0.4, 0.5) is 5.69 Å². The average molecular weight is 325 g/mol. The summed E-state index contributed by atoms with van der Waals surface area (Å²) in [6.07, 6.45) is 3.51. The van der Waals surface area contributed by atoms with E-state index in [2.05, 4.69) is 36.5 Å². The van der Waals surface area contributed by atoms with Gasteiger partial charge in [-0.15, -0.1) is 0 Å². The van der Waals surface area contributed by atoms with Crippen LogP contribution in [0, 0.1) is 6.92 Å². The summed E-state index contributed by atoms with van der Waals surface area (Å²) in [6.45, 7) is 5.34. The van der Waals surface area contributed by atoms with Gasteiger partial charge in [-0.05, 0) is 56.4 Å². The fraction of sp³-hybridized carbons (Fsp3) is 0.381. The van der Waals surface area contributed by atoms with E-state index in [0.29, 0.717) is 19.6 Å². The van der Waals surface area contributed by atoms with Gasteiger partial charge in [0.05, 0.1) is 6.61 Å². The molecule has 24 heavy (non-hydrogen) atoms. The maximum Gasteiger partial charge on any atom is 0.224 e. The van der Waals surface area contributed by atoms with Gasteiger partial charge in [0, 0.05) is 18.7 Å². The van der Waals surface area contributed by atoms with Crippen molar-refractivity contribution in [1.82, 2.24) is 0 Å². The third-order valence-corrected chi connectivity index (χ3v) is 3.92. The molecule has 0 aliphatic rings. The lowest BCUT2D eigenvalue weighted by atomic mass is 10.1. The Kier molecular flexibility index (Phi) is 7.50. The lowest BCUT2D eigenvalue weighted by Gasteiger charge is -2.08. The highest BCUT2D eigenvalue weighted by Crippen LogP contribution is 2.13. The number of hydrogen-bond donors (Lipinski definition) is 1. The van der Waals surface area contributed by atoms with E-state index in [4.69, 9.17) is 4.74 Å². The number of nitrogens with one attached hydrogen (secondary N) is 1. The molecule has 0 aromatic heterocycles. The van der Waals surface area contributed by atoms with Crippen LogP contribution < -0.4 is 5.32 Å². The van der Waals surface area contributed by atoms with Gasteiger partial charge in [-0.3, -0.25) is 4.79 Å². The molecule has 0 saturated heterocycles. The number of anilines is 1. The molecule has 0 saturated carbocycles. The molecular weight excluding hydrogens is 298 g/mol. The van der Waals surface area contributed by atoms with Crippen LogP contribution in [0.5, 0.6) is 0 Å². The second kappa shape index (κ2) is 9.89. The minimum atomic E-state index is 0.0764. The number of ether oxygens (including phenoxy) is 1. The smallest absolute Gasteiger partial charge is 0.224 e. The van der Waals surface area contributed by atoms with E-state index in [1.165, 1.54) is 11.1 Å². The van der Waals surface area contributed by atoms with Crippen molar-refractivity contribution in [2.45, 2.75) is 46.1 Å². The largest absolute Gasteiger partial charge is 0.377 e. The van der Waals surface area contributed by atoms with Crippen LogP contribution in [-0.4, -0.2) is 12.5 Å². The van der Waals surface area contributed by atoms with Gasteiger partial charge < -0.3 is 10.1 Å². The fourth-order valence-corrected chi connectivity index (χ4v) is 2.55. The lowest BCUT2D eigenvalue weighted by molar-refractivity contribution is -0.116. The fourth-order valence-electron chi connectivity index (χ4n) is 2.55. The zero-order valence-electron chi connectivity index (χ0n) is 14.7. The number of carbonyl (C=O) groups is 1. The van der Waals surface area contributed by atoms with Gasteiger partial charge in [-0.25, -0.2) is 0 Å². The normalized spacial score (nSPS) is 10.6. The first-order valence-electron chi connectivity index (χ1n) is 8.69. The number of unbranched alkanes of at least 4 members (excludes halogenated alkanes) is 1. The quantitative estimate of drug-likeness (QED) is 0.667. The number of hydrogen-bond acceptors (Lipinski definition) is 2. The molecule has 128 valence electrons. The van der Waals surface area contributed by atoms with E-state index < -0.39 is 0 Å². The van der Waals surface area contributed by atoms with Crippen molar-refractivity contribution in [1.29, 1.82) is 0 Å². The van der Waals surface area contributed by atoms with E-state index in [9.17, 15) is 4.79 Å². The number of aryl methyl sites for hydroxylation is 2. The Morgan fingerprint density at radius 2 is 1.83 bits per heavy atom. The van der Waals surface area contributed by atoms with Crippen molar-refractivity contribution in [3.05, 3.63) is 65.2 Å². The van der Waals surface area contributed by atoms with Crippen LogP contribution >= 0.6 is 0 Å². The Balaban J connectivity index is 1.70. The average Bonchev–Trinajstić information content (AvgIpc) is 2.59. The highest BCUT2D eigenvalue weighted by atomic mass is 16.5. The Morgan fingerprint density at radius 1 is 1.04 bits per heavy atom. The zero-order valence-corrected chi connectivity index (χ0v) is 14.7. The molecule has 0 aliphatic carbocycles. The van der Waals surface area contributed by atoms with Crippen molar-refractivity contribution < 1.29 is 9.53 Å². The first-order chi connectivity index (χ1) is 11.7. The van der Waals surface area contributed by atoms with Gasteiger partial charge in [0.1, 0.15) is 0 Å². The topological polar surface area (TPSA) is 38.3 Å². The number of rotatable bonds is 9. The first kappa shape index (κ1) is 18.2. The maximum absolute atomic E-state index is 12.1. The van der Waals surface area contributed by atoms with Gasteiger partial charge in [0.25, 0.3) is 0 Å². The van der Waals surface area contributed by atoms with E-state index in [1.54, 1.807) is 0 Å². The van der Waals surface area contributed by atoms with Gasteiger partial charge >= 0.3 is 0 Å². The Labute approximate surface area is 145 Å². The van der Waals surface area contributed by atoms with E-state index in [0.717, 1.165) is 30.5 Å². The summed E-state index contributed by atoms with van der Waals surface area (Å²) in [5, 5.41) is 2.97. The van der Waals surface area contributed by atoms with Gasteiger partial charge in [0.2, 0.25) is 5.91 Å². The SMILES string of the molecule is CCOCc1cccc(NC(=O)CCCCc2ccc(C)cc2)c1. The summed E-state index contributed by atoms with van der Waals surface area (Å²) < 4.78 is 5.40. The Morgan fingerprint density at radius 3 is 2.58 bits per heavy atom. The maximum atomic E-state index is 12.1. The van der Waals surface area contributed by atoms with E-state index in [-0.39, 0.29) is 5.91 Å². The molecule has 0 radical (unpaired) electrons. The second-order valence-corrected chi connectivity index (χ2v) is 6.08. The predicted molar refractivity (Wildman–Crippen MR) is 99.1 cm³/mol. The van der Waals surface area contributed by atoms with E-state index in [1.807, 2.05) is 31.2 Å². The number of carbonyl (C=O) groups excluding carboxylic acids is 1. The van der Waals surface area contributed by atoms with Crippen molar-refractivity contribution in [3.8, 4) is 0 Å². The molecule has 2 aromatic rings. The number of amides is 1. The molecule has 1 N–H and O–H groups in total. The van der Waals surface area contributed by atoms with Gasteiger partial charge in [-0.1, -0.05) is 42.0 Å².